The number of para-hydroxylation sites is 1. The summed E-state index contributed by atoms with van der Waals surface area (Å²) in [5.41, 5.74) is 7.36. The van der Waals surface area contributed by atoms with Crippen molar-refractivity contribution < 1.29 is 4.79 Å². The van der Waals surface area contributed by atoms with Crippen LogP contribution in [0.15, 0.2) is 24.3 Å². The van der Waals surface area contributed by atoms with Crippen LogP contribution in [0.5, 0.6) is 0 Å². The minimum Gasteiger partial charge on any atom is -0.397 e. The Morgan fingerprint density at radius 2 is 2.00 bits per heavy atom. The summed E-state index contributed by atoms with van der Waals surface area (Å²) in [6.07, 6.45) is 0. The summed E-state index contributed by atoms with van der Waals surface area (Å²) in [5.74, 6) is -0.0631. The topological polar surface area (TPSA) is 43.1 Å². The number of hydrogen-bond donors (Lipinski definition) is 1. The lowest BCUT2D eigenvalue weighted by molar-refractivity contribution is 0.103. The maximum Gasteiger partial charge on any atom is 0.196 e. The molecule has 0 aliphatic carbocycles. The minimum absolute atomic E-state index is 0.0631. The molecule has 0 saturated carbocycles. The highest BCUT2D eigenvalue weighted by molar-refractivity contribution is 7.12. The average Bonchev–Trinajstić information content (AvgIpc) is 2.61. The Balaban J connectivity index is 2.51. The first-order valence-electron chi connectivity index (χ1n) is 5.16. The fourth-order valence-electron chi connectivity index (χ4n) is 1.74. The van der Waals surface area contributed by atoms with Crippen LogP contribution in [0, 0.1) is 13.8 Å². The van der Waals surface area contributed by atoms with Gasteiger partial charge in [-0.2, -0.15) is 0 Å². The molecular formula is C13H12ClNOS. The predicted octanol–water partition coefficient (Wildman–Crippen LogP) is 3.83. The lowest BCUT2D eigenvalue weighted by Crippen LogP contribution is -2.05. The van der Waals surface area contributed by atoms with E-state index in [0.29, 0.717) is 21.8 Å². The van der Waals surface area contributed by atoms with Crippen molar-refractivity contribution in [1.29, 1.82) is 0 Å². The molecule has 17 heavy (non-hydrogen) atoms. The summed E-state index contributed by atoms with van der Waals surface area (Å²) < 4.78 is 0. The Hall–Kier alpha value is -1.32. The third-order valence-corrected chi connectivity index (χ3v) is 3.88. The van der Waals surface area contributed by atoms with E-state index in [2.05, 4.69) is 0 Å². The van der Waals surface area contributed by atoms with Crippen LogP contribution in [-0.2, 0) is 0 Å². The van der Waals surface area contributed by atoms with E-state index >= 15 is 0 Å². The molecule has 0 fully saturated rings. The van der Waals surface area contributed by atoms with Crippen molar-refractivity contribution in [2.45, 2.75) is 13.8 Å². The van der Waals surface area contributed by atoms with Crippen LogP contribution in [0.1, 0.15) is 25.7 Å². The smallest absolute Gasteiger partial charge is 0.196 e. The van der Waals surface area contributed by atoms with Gasteiger partial charge in [0.25, 0.3) is 0 Å². The van der Waals surface area contributed by atoms with E-state index in [1.807, 2.05) is 19.9 Å². The van der Waals surface area contributed by atoms with Crippen molar-refractivity contribution in [1.82, 2.24) is 0 Å². The standard InChI is InChI=1S/C13H12ClNOS/c1-7-6-10(8(2)17-7)13(16)9-4-3-5-11(14)12(9)15/h3-6H,15H2,1-2H3. The van der Waals surface area contributed by atoms with E-state index in [-0.39, 0.29) is 5.78 Å². The number of thiophene rings is 1. The molecule has 88 valence electrons. The van der Waals surface area contributed by atoms with Crippen molar-refractivity contribution in [2.75, 3.05) is 5.73 Å². The van der Waals surface area contributed by atoms with E-state index in [1.54, 1.807) is 29.5 Å². The van der Waals surface area contributed by atoms with E-state index in [0.717, 1.165) is 9.75 Å². The maximum atomic E-state index is 12.3. The molecule has 0 saturated heterocycles. The van der Waals surface area contributed by atoms with Crippen molar-refractivity contribution in [3.05, 3.63) is 50.2 Å². The monoisotopic (exact) mass is 265 g/mol. The summed E-state index contributed by atoms with van der Waals surface area (Å²) in [6.45, 7) is 3.92. The highest BCUT2D eigenvalue weighted by atomic mass is 35.5. The molecule has 4 heteroatoms. The molecular weight excluding hydrogens is 254 g/mol. The predicted molar refractivity (Wildman–Crippen MR) is 73.1 cm³/mol. The van der Waals surface area contributed by atoms with Crippen molar-refractivity contribution >= 4 is 34.4 Å². The van der Waals surface area contributed by atoms with Gasteiger partial charge in [0.2, 0.25) is 0 Å². The van der Waals surface area contributed by atoms with E-state index in [4.69, 9.17) is 17.3 Å². The number of anilines is 1. The van der Waals surface area contributed by atoms with Gasteiger partial charge in [-0.1, -0.05) is 17.7 Å². The van der Waals surface area contributed by atoms with Crippen molar-refractivity contribution in [3.63, 3.8) is 0 Å². The third kappa shape index (κ3) is 2.21. The van der Waals surface area contributed by atoms with Crippen LogP contribution >= 0.6 is 22.9 Å². The van der Waals surface area contributed by atoms with Crippen LogP contribution in [-0.4, -0.2) is 5.78 Å². The van der Waals surface area contributed by atoms with Gasteiger partial charge in [0, 0.05) is 20.9 Å². The Morgan fingerprint density at radius 1 is 1.29 bits per heavy atom. The van der Waals surface area contributed by atoms with Crippen LogP contribution in [0.25, 0.3) is 0 Å². The second-order valence-electron chi connectivity index (χ2n) is 3.86. The van der Waals surface area contributed by atoms with E-state index < -0.39 is 0 Å². The maximum absolute atomic E-state index is 12.3. The van der Waals surface area contributed by atoms with Gasteiger partial charge in [0.05, 0.1) is 10.7 Å². The third-order valence-electron chi connectivity index (χ3n) is 2.58. The largest absolute Gasteiger partial charge is 0.397 e. The minimum atomic E-state index is -0.0631. The molecule has 0 bridgehead atoms. The molecule has 2 aromatic rings. The quantitative estimate of drug-likeness (QED) is 0.662. The zero-order chi connectivity index (χ0) is 12.6. The van der Waals surface area contributed by atoms with Gasteiger partial charge < -0.3 is 5.73 Å². The first-order chi connectivity index (χ1) is 8.00. The van der Waals surface area contributed by atoms with Gasteiger partial charge in [-0.3, -0.25) is 4.79 Å². The van der Waals surface area contributed by atoms with Crippen molar-refractivity contribution in [3.8, 4) is 0 Å². The number of nitrogen functional groups attached to an aromatic ring is 1. The normalized spacial score (nSPS) is 10.5. The second kappa shape index (κ2) is 4.51. The summed E-state index contributed by atoms with van der Waals surface area (Å²) in [4.78, 5) is 14.4. The van der Waals surface area contributed by atoms with Gasteiger partial charge >= 0.3 is 0 Å². The van der Waals surface area contributed by atoms with Crippen LogP contribution in [0.2, 0.25) is 5.02 Å². The van der Waals surface area contributed by atoms with E-state index in [1.165, 1.54) is 0 Å². The number of nitrogens with two attached hydrogens (primary N) is 1. The van der Waals surface area contributed by atoms with E-state index in [9.17, 15) is 4.79 Å². The highest BCUT2D eigenvalue weighted by Gasteiger charge is 2.17. The molecule has 1 heterocycles. The zero-order valence-electron chi connectivity index (χ0n) is 9.58. The lowest BCUT2D eigenvalue weighted by Gasteiger charge is -2.05. The molecule has 2 rings (SSSR count). The summed E-state index contributed by atoms with van der Waals surface area (Å²) in [6, 6.07) is 7.01. The number of halogens is 1. The number of aryl methyl sites for hydroxylation is 2. The number of rotatable bonds is 2. The van der Waals surface area contributed by atoms with Gasteiger partial charge in [0.1, 0.15) is 0 Å². The molecule has 0 amide bonds. The van der Waals surface area contributed by atoms with Gasteiger partial charge in [-0.05, 0) is 32.0 Å². The summed E-state index contributed by atoms with van der Waals surface area (Å²) >= 11 is 7.52. The molecule has 0 aliphatic rings. The lowest BCUT2D eigenvalue weighted by atomic mass is 10.0. The number of benzene rings is 1. The van der Waals surface area contributed by atoms with Gasteiger partial charge in [-0.25, -0.2) is 0 Å². The number of carbonyl (C=O) groups is 1. The molecule has 0 unspecified atom stereocenters. The van der Waals surface area contributed by atoms with Crippen LogP contribution in [0.4, 0.5) is 5.69 Å². The number of hydrogen-bond acceptors (Lipinski definition) is 3. The molecule has 0 radical (unpaired) electrons. The molecule has 0 aliphatic heterocycles. The molecule has 0 spiro atoms. The Bertz CT molecular complexity index is 589. The molecule has 1 aromatic carbocycles. The number of ketones is 1. The molecule has 0 atom stereocenters. The SMILES string of the molecule is Cc1cc(C(=O)c2cccc(Cl)c2N)c(C)s1. The van der Waals surface area contributed by atoms with Crippen LogP contribution < -0.4 is 5.73 Å². The Labute approximate surface area is 109 Å². The Kier molecular flexibility index (Phi) is 3.22. The van der Waals surface area contributed by atoms with Gasteiger partial charge in [0.15, 0.2) is 5.78 Å². The van der Waals surface area contributed by atoms with Gasteiger partial charge in [-0.15, -0.1) is 11.3 Å². The first-order valence-corrected chi connectivity index (χ1v) is 6.36. The average molecular weight is 266 g/mol. The summed E-state index contributed by atoms with van der Waals surface area (Å²) in [7, 11) is 0. The zero-order valence-corrected chi connectivity index (χ0v) is 11.2. The molecule has 1 aromatic heterocycles. The fourth-order valence-corrected chi connectivity index (χ4v) is 2.83. The first kappa shape index (κ1) is 12.1. The van der Waals surface area contributed by atoms with Crippen molar-refractivity contribution in [2.24, 2.45) is 0 Å². The summed E-state index contributed by atoms with van der Waals surface area (Å²) in [5, 5.41) is 0.417. The number of carbonyl (C=O) groups excluding carboxylic acids is 1. The fraction of sp³-hybridized carbons (Fsp3) is 0.154. The van der Waals surface area contributed by atoms with Crippen LogP contribution in [0.3, 0.4) is 0 Å². The molecule has 2 N–H and O–H groups in total. The highest BCUT2D eigenvalue weighted by Crippen LogP contribution is 2.28. The Morgan fingerprint density at radius 3 is 2.59 bits per heavy atom. The second-order valence-corrected chi connectivity index (χ2v) is 5.72. The molecule has 2 nitrogen and oxygen atoms in total.